The van der Waals surface area contributed by atoms with Crippen molar-refractivity contribution in [2.75, 3.05) is 5.73 Å². The van der Waals surface area contributed by atoms with Crippen molar-refractivity contribution < 1.29 is 0 Å². The number of hydrogen-bond donors (Lipinski definition) is 2. The first-order chi connectivity index (χ1) is 5.27. The topological polar surface area (TPSA) is 52.0 Å². The van der Waals surface area contributed by atoms with Crippen LogP contribution in [-0.2, 0) is 6.42 Å². The van der Waals surface area contributed by atoms with Crippen LogP contribution < -0.4 is 11.5 Å². The van der Waals surface area contributed by atoms with E-state index in [0.717, 1.165) is 12.1 Å². The van der Waals surface area contributed by atoms with Crippen LogP contribution in [-0.4, -0.2) is 0 Å². The Morgan fingerprint density at radius 3 is 3.09 bits per heavy atom. The van der Waals surface area contributed by atoms with Gasteiger partial charge < -0.3 is 11.5 Å². The number of nitrogen functional groups attached to an aromatic ring is 1. The van der Waals surface area contributed by atoms with E-state index in [4.69, 9.17) is 11.5 Å². The normalized spacial score (nSPS) is 21.7. The molecule has 0 heterocycles. The second-order valence-corrected chi connectivity index (χ2v) is 2.82. The van der Waals surface area contributed by atoms with Gasteiger partial charge in [0.1, 0.15) is 0 Å². The predicted octanol–water partition coefficient (Wildman–Crippen LogP) is 0.906. The number of benzene rings is 1. The van der Waals surface area contributed by atoms with Crippen LogP contribution in [0.25, 0.3) is 0 Å². The molecule has 56 valence electrons. The molecule has 2 radical (unpaired) electrons. The summed E-state index contributed by atoms with van der Waals surface area (Å²) in [5.41, 5.74) is 14.5. The van der Waals surface area contributed by atoms with Crippen LogP contribution in [0.15, 0.2) is 18.2 Å². The number of anilines is 1. The Kier molecular flexibility index (Phi) is 1.36. The Morgan fingerprint density at radius 2 is 2.27 bits per heavy atom. The van der Waals surface area contributed by atoms with E-state index >= 15 is 0 Å². The van der Waals surface area contributed by atoms with Gasteiger partial charge in [0.2, 0.25) is 0 Å². The van der Waals surface area contributed by atoms with Gasteiger partial charge in [-0.05, 0) is 29.7 Å². The molecule has 2 nitrogen and oxygen atoms in total. The highest BCUT2D eigenvalue weighted by Crippen LogP contribution is 2.29. The Labute approximate surface area is 66.2 Å². The zero-order valence-corrected chi connectivity index (χ0v) is 6.17. The van der Waals surface area contributed by atoms with E-state index in [1.54, 1.807) is 0 Å². The highest BCUT2D eigenvalue weighted by Gasteiger charge is 2.18. The molecule has 1 aromatic rings. The molecule has 0 aliphatic heterocycles. The minimum atomic E-state index is -0.00870. The summed E-state index contributed by atoms with van der Waals surface area (Å²) in [5, 5.41) is 0. The van der Waals surface area contributed by atoms with Crippen molar-refractivity contribution in [1.29, 1.82) is 0 Å². The monoisotopic (exact) mass is 146 g/mol. The summed E-state index contributed by atoms with van der Waals surface area (Å²) < 4.78 is 0. The van der Waals surface area contributed by atoms with Crippen LogP contribution in [0.3, 0.4) is 0 Å². The van der Waals surface area contributed by atoms with Gasteiger partial charge in [0.05, 0.1) is 0 Å². The first-order valence-corrected chi connectivity index (χ1v) is 3.64. The zero-order chi connectivity index (χ0) is 7.84. The summed E-state index contributed by atoms with van der Waals surface area (Å²) in [6.45, 7) is 0. The number of fused-ring (bicyclic) bond motifs is 1. The van der Waals surface area contributed by atoms with Gasteiger partial charge in [-0.15, -0.1) is 0 Å². The number of nitrogens with two attached hydrogens (primary N) is 2. The molecule has 2 heteroatoms. The molecule has 0 amide bonds. The molecule has 1 unspecified atom stereocenters. The highest BCUT2D eigenvalue weighted by molar-refractivity contribution is 5.49. The Balaban J connectivity index is 2.50. The van der Waals surface area contributed by atoms with Gasteiger partial charge in [-0.1, -0.05) is 6.07 Å². The van der Waals surface area contributed by atoms with Crippen LogP contribution in [0.1, 0.15) is 17.2 Å². The maximum atomic E-state index is 5.74. The van der Waals surface area contributed by atoms with Crippen LogP contribution >= 0.6 is 0 Å². The lowest BCUT2D eigenvalue weighted by molar-refractivity contribution is 0.869. The molecule has 11 heavy (non-hydrogen) atoms. The smallest absolute Gasteiger partial charge is 0.0370 e. The maximum Gasteiger partial charge on any atom is 0.0370 e. The number of hydrogen-bond acceptors (Lipinski definition) is 2. The third-order valence-electron chi connectivity index (χ3n) is 2.01. The van der Waals surface area contributed by atoms with Crippen molar-refractivity contribution in [2.45, 2.75) is 12.5 Å². The van der Waals surface area contributed by atoms with Crippen molar-refractivity contribution in [3.63, 3.8) is 0 Å². The van der Waals surface area contributed by atoms with E-state index in [9.17, 15) is 0 Å². The van der Waals surface area contributed by atoms with Gasteiger partial charge in [-0.3, -0.25) is 0 Å². The molecule has 0 saturated heterocycles. The minimum absolute atomic E-state index is 0.00870. The predicted molar refractivity (Wildman–Crippen MR) is 44.7 cm³/mol. The summed E-state index contributed by atoms with van der Waals surface area (Å²) in [6, 6.07) is 5.82. The fourth-order valence-corrected chi connectivity index (χ4v) is 1.41. The molecule has 1 atom stereocenters. The van der Waals surface area contributed by atoms with Gasteiger partial charge >= 0.3 is 0 Å². The van der Waals surface area contributed by atoms with Crippen molar-refractivity contribution in [3.05, 3.63) is 35.7 Å². The van der Waals surface area contributed by atoms with Crippen LogP contribution in [0.4, 0.5) is 5.69 Å². The zero-order valence-electron chi connectivity index (χ0n) is 6.17. The summed E-state index contributed by atoms with van der Waals surface area (Å²) in [4.78, 5) is 0. The fourth-order valence-electron chi connectivity index (χ4n) is 1.41. The molecular formula is C9H10N2. The van der Waals surface area contributed by atoms with Gasteiger partial charge in [-0.2, -0.15) is 0 Å². The van der Waals surface area contributed by atoms with Crippen molar-refractivity contribution in [3.8, 4) is 0 Å². The summed E-state index contributed by atoms with van der Waals surface area (Å²) >= 11 is 0. The molecule has 0 aromatic heterocycles. The van der Waals surface area contributed by atoms with Gasteiger partial charge in [-0.25, -0.2) is 0 Å². The molecule has 0 spiro atoms. The molecule has 0 saturated carbocycles. The summed E-state index contributed by atoms with van der Waals surface area (Å²) in [5.74, 6) is 0. The average molecular weight is 146 g/mol. The summed E-state index contributed by atoms with van der Waals surface area (Å²) in [6.07, 6.45) is 3.97. The molecule has 1 aromatic carbocycles. The van der Waals surface area contributed by atoms with Gasteiger partial charge in [0.15, 0.2) is 0 Å². The Bertz CT molecular complexity index is 281. The van der Waals surface area contributed by atoms with Gasteiger partial charge in [0, 0.05) is 18.2 Å². The van der Waals surface area contributed by atoms with E-state index in [2.05, 4.69) is 6.42 Å². The van der Waals surface area contributed by atoms with E-state index in [0.29, 0.717) is 0 Å². The van der Waals surface area contributed by atoms with Crippen molar-refractivity contribution in [1.82, 2.24) is 0 Å². The average Bonchev–Trinajstić information content (AvgIpc) is 2.32. The first-order valence-electron chi connectivity index (χ1n) is 3.64. The lowest BCUT2D eigenvalue weighted by atomic mass is 10.1. The molecular weight excluding hydrogens is 136 g/mol. The lowest BCUT2D eigenvalue weighted by Crippen LogP contribution is -2.05. The van der Waals surface area contributed by atoms with Crippen LogP contribution in [0, 0.1) is 6.42 Å². The fraction of sp³-hybridized carbons (Fsp3) is 0.222. The molecule has 2 rings (SSSR count). The lowest BCUT2D eigenvalue weighted by Gasteiger charge is -2.03. The van der Waals surface area contributed by atoms with E-state index in [1.165, 1.54) is 11.1 Å². The van der Waals surface area contributed by atoms with E-state index in [1.807, 2.05) is 18.2 Å². The second kappa shape index (κ2) is 2.24. The van der Waals surface area contributed by atoms with Gasteiger partial charge in [0.25, 0.3) is 0 Å². The van der Waals surface area contributed by atoms with Crippen molar-refractivity contribution >= 4 is 5.69 Å². The molecule has 0 fully saturated rings. The largest absolute Gasteiger partial charge is 0.399 e. The molecule has 4 N–H and O–H groups in total. The second-order valence-electron chi connectivity index (χ2n) is 2.82. The molecule has 1 aliphatic rings. The minimum Gasteiger partial charge on any atom is -0.399 e. The standard InChI is InChI=1S/C9H10N2/c10-7-2-3-8-6(5-7)1-4-9(8)11/h2-3,5,9H,1,10-11H2. The molecule has 0 bridgehead atoms. The van der Waals surface area contributed by atoms with Crippen molar-refractivity contribution in [2.24, 2.45) is 5.73 Å². The van der Waals surface area contributed by atoms with Crippen LogP contribution in [0.2, 0.25) is 0 Å². The molecule has 1 aliphatic carbocycles. The van der Waals surface area contributed by atoms with E-state index in [-0.39, 0.29) is 6.04 Å². The Morgan fingerprint density at radius 1 is 1.45 bits per heavy atom. The first kappa shape index (κ1) is 6.68. The maximum absolute atomic E-state index is 5.74. The number of rotatable bonds is 0. The van der Waals surface area contributed by atoms with Crippen LogP contribution in [0.5, 0.6) is 0 Å². The highest BCUT2D eigenvalue weighted by atomic mass is 14.6. The third-order valence-corrected chi connectivity index (χ3v) is 2.01. The third kappa shape index (κ3) is 0.994. The Hall–Kier alpha value is -1.02. The quantitative estimate of drug-likeness (QED) is 0.534. The SMILES string of the molecule is Nc1ccc2c(c1)C[C]C2N. The summed E-state index contributed by atoms with van der Waals surface area (Å²) in [7, 11) is 0. The van der Waals surface area contributed by atoms with E-state index < -0.39 is 0 Å².